The molecular formula is C16H27N3O. The maximum absolute atomic E-state index is 5.81. The van der Waals surface area contributed by atoms with Crippen LogP contribution in [0.1, 0.15) is 18.9 Å². The van der Waals surface area contributed by atoms with E-state index in [1.54, 1.807) is 0 Å². The molecule has 1 aliphatic heterocycles. The van der Waals surface area contributed by atoms with Gasteiger partial charge in [0.15, 0.2) is 0 Å². The highest BCUT2D eigenvalue weighted by molar-refractivity contribution is 5.27. The van der Waals surface area contributed by atoms with E-state index in [-0.39, 0.29) is 0 Å². The summed E-state index contributed by atoms with van der Waals surface area (Å²) in [5.74, 6) is 0.938. The summed E-state index contributed by atoms with van der Waals surface area (Å²) in [4.78, 5) is 4.94. The molecule has 2 rings (SSSR count). The van der Waals surface area contributed by atoms with E-state index in [0.717, 1.165) is 24.3 Å². The van der Waals surface area contributed by atoms with E-state index in [2.05, 4.69) is 23.8 Å². The summed E-state index contributed by atoms with van der Waals surface area (Å²) < 4.78 is 5.81. The minimum absolute atomic E-state index is 0.584. The summed E-state index contributed by atoms with van der Waals surface area (Å²) in [5, 5.41) is 0. The van der Waals surface area contributed by atoms with Crippen LogP contribution in [0.25, 0.3) is 0 Å². The van der Waals surface area contributed by atoms with Crippen LogP contribution in [-0.4, -0.2) is 55.7 Å². The van der Waals surface area contributed by atoms with Crippen LogP contribution in [0.15, 0.2) is 24.3 Å². The molecule has 0 aromatic heterocycles. The van der Waals surface area contributed by atoms with Crippen molar-refractivity contribution < 1.29 is 4.74 Å². The normalized spacial score (nSPS) is 18.9. The van der Waals surface area contributed by atoms with Crippen molar-refractivity contribution in [3.63, 3.8) is 0 Å². The molecule has 20 heavy (non-hydrogen) atoms. The van der Waals surface area contributed by atoms with Crippen molar-refractivity contribution in [3.05, 3.63) is 29.8 Å². The van der Waals surface area contributed by atoms with E-state index in [0.29, 0.717) is 12.6 Å². The van der Waals surface area contributed by atoms with Gasteiger partial charge in [0, 0.05) is 38.8 Å². The molecule has 1 aromatic rings. The Hall–Kier alpha value is -1.10. The first-order valence-electron chi connectivity index (χ1n) is 7.53. The number of likely N-dealkylation sites (N-methyl/N-ethyl adjacent to an activating group) is 1. The van der Waals surface area contributed by atoms with Crippen LogP contribution in [0.5, 0.6) is 5.75 Å². The molecule has 0 amide bonds. The van der Waals surface area contributed by atoms with E-state index in [1.807, 2.05) is 24.3 Å². The average Bonchev–Trinajstić information content (AvgIpc) is 2.48. The van der Waals surface area contributed by atoms with Crippen LogP contribution in [-0.2, 0) is 6.54 Å². The van der Waals surface area contributed by atoms with Crippen molar-refractivity contribution in [2.75, 3.05) is 39.8 Å². The smallest absolute Gasteiger partial charge is 0.119 e. The first-order chi connectivity index (χ1) is 9.69. The minimum Gasteiger partial charge on any atom is -0.494 e. The predicted octanol–water partition coefficient (Wildman–Crippen LogP) is 1.55. The zero-order valence-electron chi connectivity index (χ0n) is 12.7. The second kappa shape index (κ2) is 7.62. The van der Waals surface area contributed by atoms with Gasteiger partial charge in [0.1, 0.15) is 5.75 Å². The van der Waals surface area contributed by atoms with Gasteiger partial charge in [-0.2, -0.15) is 0 Å². The molecule has 1 aliphatic rings. The molecule has 0 saturated carbocycles. The van der Waals surface area contributed by atoms with Gasteiger partial charge in [0.25, 0.3) is 0 Å². The molecule has 112 valence electrons. The quantitative estimate of drug-likeness (QED) is 0.856. The van der Waals surface area contributed by atoms with Crippen molar-refractivity contribution >= 4 is 0 Å². The first-order valence-corrected chi connectivity index (χ1v) is 7.53. The molecule has 1 unspecified atom stereocenters. The minimum atomic E-state index is 0.584. The zero-order valence-corrected chi connectivity index (χ0v) is 12.7. The lowest BCUT2D eigenvalue weighted by Gasteiger charge is -2.36. The van der Waals surface area contributed by atoms with E-state index in [4.69, 9.17) is 10.5 Å². The number of nitrogens with zero attached hydrogens (tertiary/aromatic N) is 2. The Balaban J connectivity index is 1.69. The number of hydrogen-bond donors (Lipinski definition) is 1. The van der Waals surface area contributed by atoms with Crippen LogP contribution in [0.3, 0.4) is 0 Å². The maximum atomic E-state index is 5.81. The van der Waals surface area contributed by atoms with Gasteiger partial charge < -0.3 is 15.4 Å². The Bertz CT molecular complexity index is 385. The second-order valence-corrected chi connectivity index (χ2v) is 5.67. The largest absolute Gasteiger partial charge is 0.494 e. The van der Waals surface area contributed by atoms with E-state index in [1.165, 1.54) is 26.2 Å². The lowest BCUT2D eigenvalue weighted by molar-refractivity contribution is 0.106. The summed E-state index contributed by atoms with van der Waals surface area (Å²) in [6, 6.07) is 8.65. The summed E-state index contributed by atoms with van der Waals surface area (Å²) in [5.41, 5.74) is 6.72. The Kier molecular flexibility index (Phi) is 5.83. The molecule has 1 atom stereocenters. The molecular weight excluding hydrogens is 250 g/mol. The molecule has 1 aromatic carbocycles. The van der Waals surface area contributed by atoms with Crippen molar-refractivity contribution in [2.24, 2.45) is 5.73 Å². The number of nitrogens with two attached hydrogens (primary N) is 1. The van der Waals surface area contributed by atoms with E-state index in [9.17, 15) is 0 Å². The first kappa shape index (κ1) is 15.3. The topological polar surface area (TPSA) is 41.7 Å². The van der Waals surface area contributed by atoms with Crippen LogP contribution >= 0.6 is 0 Å². The van der Waals surface area contributed by atoms with Crippen LogP contribution in [0.4, 0.5) is 0 Å². The van der Waals surface area contributed by atoms with Crippen LogP contribution in [0.2, 0.25) is 0 Å². The van der Waals surface area contributed by atoms with Gasteiger partial charge in [-0.15, -0.1) is 0 Å². The third-order valence-electron chi connectivity index (χ3n) is 4.12. The van der Waals surface area contributed by atoms with Crippen molar-refractivity contribution in [2.45, 2.75) is 25.9 Å². The molecule has 0 spiro atoms. The van der Waals surface area contributed by atoms with Gasteiger partial charge in [-0.25, -0.2) is 0 Å². The maximum Gasteiger partial charge on any atom is 0.119 e. The predicted molar refractivity (Wildman–Crippen MR) is 83.0 cm³/mol. The average molecular weight is 277 g/mol. The third kappa shape index (κ3) is 4.47. The van der Waals surface area contributed by atoms with E-state index >= 15 is 0 Å². The SMILES string of the molecule is CC(CCOc1ccc(CN)cc1)N1CCN(C)CC1. The lowest BCUT2D eigenvalue weighted by Crippen LogP contribution is -2.48. The fraction of sp³-hybridized carbons (Fsp3) is 0.625. The highest BCUT2D eigenvalue weighted by Gasteiger charge is 2.18. The van der Waals surface area contributed by atoms with Crippen molar-refractivity contribution in [1.29, 1.82) is 0 Å². The molecule has 1 saturated heterocycles. The Morgan fingerprint density at radius 2 is 1.80 bits per heavy atom. The fourth-order valence-electron chi connectivity index (χ4n) is 2.51. The number of piperazine rings is 1. The molecule has 0 radical (unpaired) electrons. The van der Waals surface area contributed by atoms with E-state index < -0.39 is 0 Å². The second-order valence-electron chi connectivity index (χ2n) is 5.67. The number of hydrogen-bond acceptors (Lipinski definition) is 4. The Morgan fingerprint density at radius 1 is 1.15 bits per heavy atom. The van der Waals surface area contributed by atoms with Crippen LogP contribution < -0.4 is 10.5 Å². The van der Waals surface area contributed by atoms with Gasteiger partial charge in [-0.1, -0.05) is 12.1 Å². The Labute approximate surface area is 122 Å². The fourth-order valence-corrected chi connectivity index (χ4v) is 2.51. The molecule has 0 bridgehead atoms. The summed E-state index contributed by atoms with van der Waals surface area (Å²) in [7, 11) is 2.19. The Morgan fingerprint density at radius 3 is 2.40 bits per heavy atom. The highest BCUT2D eigenvalue weighted by atomic mass is 16.5. The van der Waals surface area contributed by atoms with Gasteiger partial charge in [0.2, 0.25) is 0 Å². The third-order valence-corrected chi connectivity index (χ3v) is 4.12. The number of ether oxygens (including phenoxy) is 1. The lowest BCUT2D eigenvalue weighted by atomic mass is 10.2. The summed E-state index contributed by atoms with van der Waals surface area (Å²) in [6.07, 6.45) is 1.07. The molecule has 1 heterocycles. The van der Waals surface area contributed by atoms with Crippen molar-refractivity contribution in [1.82, 2.24) is 9.80 Å². The van der Waals surface area contributed by atoms with Crippen LogP contribution in [0, 0.1) is 0 Å². The summed E-state index contributed by atoms with van der Waals surface area (Å²) >= 11 is 0. The molecule has 0 aliphatic carbocycles. The molecule has 2 N–H and O–H groups in total. The highest BCUT2D eigenvalue weighted by Crippen LogP contribution is 2.13. The number of rotatable bonds is 6. The van der Waals surface area contributed by atoms with Gasteiger partial charge in [0.05, 0.1) is 6.61 Å². The zero-order chi connectivity index (χ0) is 14.4. The van der Waals surface area contributed by atoms with Gasteiger partial charge in [-0.3, -0.25) is 4.90 Å². The van der Waals surface area contributed by atoms with Gasteiger partial charge >= 0.3 is 0 Å². The molecule has 4 nitrogen and oxygen atoms in total. The van der Waals surface area contributed by atoms with Crippen molar-refractivity contribution in [3.8, 4) is 5.75 Å². The standard InChI is InChI=1S/C16H27N3O/c1-14(19-10-8-18(2)9-11-19)7-12-20-16-5-3-15(13-17)4-6-16/h3-6,14H,7-13,17H2,1-2H3. The monoisotopic (exact) mass is 277 g/mol. The molecule has 1 fully saturated rings. The van der Waals surface area contributed by atoms with Gasteiger partial charge in [-0.05, 0) is 38.1 Å². The summed E-state index contributed by atoms with van der Waals surface area (Å²) in [6.45, 7) is 8.34. The molecule has 4 heteroatoms. The number of benzene rings is 1.